The first-order valence-electron chi connectivity index (χ1n) is 14.8. The van der Waals surface area contributed by atoms with E-state index in [1.165, 1.54) is 160 Å². The van der Waals surface area contributed by atoms with Gasteiger partial charge >= 0.3 is 0 Å². The van der Waals surface area contributed by atoms with Gasteiger partial charge in [-0.1, -0.05) is 185 Å². The number of hydrogen-bond acceptors (Lipinski definition) is 0. The van der Waals surface area contributed by atoms with Crippen molar-refractivity contribution in [3.63, 3.8) is 0 Å². The van der Waals surface area contributed by atoms with Crippen LogP contribution in [0.5, 0.6) is 0 Å². The first kappa shape index (κ1) is 29.3. The molecule has 0 aliphatic rings. The van der Waals surface area contributed by atoms with Crippen molar-refractivity contribution in [3.05, 3.63) is 42.8 Å². The summed E-state index contributed by atoms with van der Waals surface area (Å²) in [4.78, 5) is 0. The average molecular weight is 442 g/mol. The Morgan fingerprint density at radius 1 is 0.344 bits per heavy atom. The van der Waals surface area contributed by atoms with Crippen molar-refractivity contribution in [1.82, 2.24) is 0 Å². The number of aryl methyl sites for hydroxylation is 1. The quantitative estimate of drug-likeness (QED) is 0.132. The number of unbranched alkanes of at least 4 members (excludes halogenated alkanes) is 23. The smallest absolute Gasteiger partial charge is 0.0279 e. The molecule has 0 atom stereocenters. The van der Waals surface area contributed by atoms with Crippen LogP contribution in [-0.4, -0.2) is 0 Å². The number of benzene rings is 1. The third-order valence-electron chi connectivity index (χ3n) is 7.06. The van der Waals surface area contributed by atoms with Crippen LogP contribution in [0, 0.1) is 6.92 Å². The molecule has 0 aliphatic heterocycles. The van der Waals surface area contributed by atoms with Gasteiger partial charge in [-0.25, -0.2) is 0 Å². The fraction of sp³-hybridized carbons (Fsp3) is 0.781. The Morgan fingerprint density at radius 3 is 0.938 bits per heavy atom. The molecule has 0 saturated heterocycles. The maximum Gasteiger partial charge on any atom is -0.0279 e. The van der Waals surface area contributed by atoms with Gasteiger partial charge in [0.05, 0.1) is 0 Å². The summed E-state index contributed by atoms with van der Waals surface area (Å²) in [5, 5.41) is 0. The van der Waals surface area contributed by atoms with Crippen molar-refractivity contribution in [2.75, 3.05) is 0 Å². The molecule has 0 aromatic heterocycles. The zero-order valence-corrected chi connectivity index (χ0v) is 21.8. The van der Waals surface area contributed by atoms with E-state index >= 15 is 0 Å². The summed E-state index contributed by atoms with van der Waals surface area (Å²) in [6.45, 7) is 3.92. The first-order chi connectivity index (χ1) is 15.9. The summed E-state index contributed by atoms with van der Waals surface area (Å²) >= 11 is 0. The summed E-state index contributed by atoms with van der Waals surface area (Å²) in [5.41, 5.74) is 1.50. The summed E-state index contributed by atoms with van der Waals surface area (Å²) in [6.07, 6.45) is 35.8. The van der Waals surface area contributed by atoms with Crippen molar-refractivity contribution in [2.45, 2.75) is 161 Å². The molecule has 0 N–H and O–H groups in total. The van der Waals surface area contributed by atoms with Gasteiger partial charge in [-0.2, -0.15) is 0 Å². The lowest BCUT2D eigenvalue weighted by Crippen LogP contribution is -1.86. The lowest BCUT2D eigenvalue weighted by molar-refractivity contribution is 0.517. The van der Waals surface area contributed by atoms with Crippen LogP contribution < -0.4 is 0 Å². The molecule has 1 aromatic rings. The van der Waals surface area contributed by atoms with Crippen LogP contribution in [0.25, 0.3) is 0 Å². The Hall–Kier alpha value is -0.780. The molecule has 0 bridgehead atoms. The molecule has 1 radical (unpaired) electrons. The van der Waals surface area contributed by atoms with Crippen LogP contribution in [0.2, 0.25) is 0 Å². The highest BCUT2D eigenvalue weighted by atomic mass is 14.0. The van der Waals surface area contributed by atoms with Gasteiger partial charge in [0.2, 0.25) is 0 Å². The third kappa shape index (κ3) is 21.1. The monoisotopic (exact) mass is 441 g/mol. The van der Waals surface area contributed by atoms with E-state index in [9.17, 15) is 0 Å². The molecule has 0 heterocycles. The summed E-state index contributed by atoms with van der Waals surface area (Å²) < 4.78 is 0. The van der Waals surface area contributed by atoms with Gasteiger partial charge in [-0.15, -0.1) is 0 Å². The number of rotatable bonds is 25. The SMILES string of the molecule is [CH2]CCCCCCCCCCCCCCCCCCCCCCCCCc1ccccc1. The normalized spacial score (nSPS) is 11.3. The first-order valence-corrected chi connectivity index (χ1v) is 14.8. The maximum absolute atomic E-state index is 3.92. The van der Waals surface area contributed by atoms with Gasteiger partial charge in [0.1, 0.15) is 0 Å². The van der Waals surface area contributed by atoms with Gasteiger partial charge in [-0.05, 0) is 18.4 Å². The van der Waals surface area contributed by atoms with Gasteiger partial charge in [0.25, 0.3) is 0 Å². The highest BCUT2D eigenvalue weighted by molar-refractivity contribution is 5.14. The van der Waals surface area contributed by atoms with E-state index in [4.69, 9.17) is 0 Å². The zero-order valence-electron chi connectivity index (χ0n) is 21.8. The average Bonchev–Trinajstić information content (AvgIpc) is 2.82. The maximum atomic E-state index is 3.92. The molecule has 0 spiro atoms. The molecule has 1 aromatic carbocycles. The predicted octanol–water partition coefficient (Wildman–Crippen LogP) is 11.4. The molecule has 0 aliphatic carbocycles. The molecule has 0 unspecified atom stereocenters. The van der Waals surface area contributed by atoms with Gasteiger partial charge in [0.15, 0.2) is 0 Å². The van der Waals surface area contributed by atoms with E-state index in [0.717, 1.165) is 6.42 Å². The Morgan fingerprint density at radius 2 is 0.625 bits per heavy atom. The topological polar surface area (TPSA) is 0 Å². The van der Waals surface area contributed by atoms with Gasteiger partial charge in [0, 0.05) is 0 Å². The summed E-state index contributed by atoms with van der Waals surface area (Å²) in [6, 6.07) is 11.0. The second-order valence-corrected chi connectivity index (χ2v) is 10.2. The van der Waals surface area contributed by atoms with Crippen LogP contribution >= 0.6 is 0 Å². The minimum atomic E-state index is 1.12. The van der Waals surface area contributed by atoms with Crippen LogP contribution in [0.3, 0.4) is 0 Å². The fourth-order valence-electron chi connectivity index (χ4n) is 4.86. The van der Waals surface area contributed by atoms with Gasteiger partial charge < -0.3 is 0 Å². The van der Waals surface area contributed by atoms with Crippen molar-refractivity contribution in [3.8, 4) is 0 Å². The third-order valence-corrected chi connectivity index (χ3v) is 7.06. The van der Waals surface area contributed by atoms with Crippen molar-refractivity contribution in [2.24, 2.45) is 0 Å². The van der Waals surface area contributed by atoms with Gasteiger partial charge in [-0.3, -0.25) is 0 Å². The Bertz CT molecular complexity index is 448. The van der Waals surface area contributed by atoms with E-state index < -0.39 is 0 Å². The lowest BCUT2D eigenvalue weighted by atomic mass is 10.0. The van der Waals surface area contributed by atoms with Crippen molar-refractivity contribution in [1.29, 1.82) is 0 Å². The van der Waals surface area contributed by atoms with Crippen LogP contribution in [-0.2, 0) is 6.42 Å². The Kier molecular flexibility index (Phi) is 22.7. The van der Waals surface area contributed by atoms with E-state index in [-0.39, 0.29) is 0 Å². The zero-order chi connectivity index (χ0) is 22.8. The van der Waals surface area contributed by atoms with Crippen LogP contribution in [0.4, 0.5) is 0 Å². The second-order valence-electron chi connectivity index (χ2n) is 10.2. The minimum Gasteiger partial charge on any atom is -0.0622 e. The molecule has 0 heteroatoms. The minimum absolute atomic E-state index is 1.12. The Labute approximate surface area is 203 Å². The lowest BCUT2D eigenvalue weighted by Gasteiger charge is -2.04. The molecule has 0 nitrogen and oxygen atoms in total. The highest BCUT2D eigenvalue weighted by Gasteiger charge is 1.96. The van der Waals surface area contributed by atoms with E-state index in [1.807, 2.05) is 0 Å². The van der Waals surface area contributed by atoms with Crippen LogP contribution in [0.15, 0.2) is 30.3 Å². The fourth-order valence-corrected chi connectivity index (χ4v) is 4.86. The van der Waals surface area contributed by atoms with Crippen molar-refractivity contribution >= 4 is 0 Å². The molecule has 185 valence electrons. The summed E-state index contributed by atoms with van der Waals surface area (Å²) in [7, 11) is 0. The number of hydrogen-bond donors (Lipinski definition) is 0. The molecular weight excluding hydrogens is 384 g/mol. The van der Waals surface area contributed by atoms with E-state index in [0.29, 0.717) is 0 Å². The largest absolute Gasteiger partial charge is 0.0622 e. The van der Waals surface area contributed by atoms with E-state index in [1.54, 1.807) is 0 Å². The standard InChI is InChI=1S/C32H57/c1-2-3-4-5-6-7-8-9-10-11-12-13-14-15-16-17-18-19-20-21-22-23-24-26-29-32-30-27-25-28-31-32/h25,27-28,30-31H,1-24,26,29H2. The summed E-state index contributed by atoms with van der Waals surface area (Å²) in [5.74, 6) is 0. The molecule has 0 amide bonds. The van der Waals surface area contributed by atoms with Crippen LogP contribution in [0.1, 0.15) is 160 Å². The molecule has 32 heavy (non-hydrogen) atoms. The molecule has 1 rings (SSSR count). The highest BCUT2D eigenvalue weighted by Crippen LogP contribution is 2.16. The molecular formula is C32H57. The van der Waals surface area contributed by atoms with E-state index in [2.05, 4.69) is 37.3 Å². The molecule has 0 fully saturated rings. The van der Waals surface area contributed by atoms with Crippen molar-refractivity contribution < 1.29 is 0 Å². The molecule has 0 saturated carbocycles. The Balaban J connectivity index is 1.64. The predicted molar refractivity (Wildman–Crippen MR) is 146 cm³/mol. The second kappa shape index (κ2) is 24.9.